The van der Waals surface area contributed by atoms with Crippen molar-refractivity contribution in [3.05, 3.63) is 24.0 Å². The van der Waals surface area contributed by atoms with E-state index >= 15 is 0 Å². The molecule has 2 fully saturated rings. The number of hydrogen-bond acceptors (Lipinski definition) is 3. The van der Waals surface area contributed by atoms with Gasteiger partial charge in [-0.3, -0.25) is 9.69 Å². The summed E-state index contributed by atoms with van der Waals surface area (Å²) in [5, 5.41) is 3.30. The van der Waals surface area contributed by atoms with Crippen molar-refractivity contribution in [2.75, 3.05) is 39.3 Å². The van der Waals surface area contributed by atoms with Crippen LogP contribution in [0.2, 0.25) is 0 Å². The van der Waals surface area contributed by atoms with E-state index in [4.69, 9.17) is 0 Å². The van der Waals surface area contributed by atoms with E-state index in [1.165, 1.54) is 12.8 Å². The van der Waals surface area contributed by atoms with E-state index in [0.717, 1.165) is 45.0 Å². The van der Waals surface area contributed by atoms with Crippen LogP contribution in [0.25, 0.3) is 0 Å². The Bertz CT molecular complexity index is 405. The summed E-state index contributed by atoms with van der Waals surface area (Å²) >= 11 is 0. The van der Waals surface area contributed by atoms with E-state index < -0.39 is 0 Å². The standard InChI is InChI=1S/C14H22N4O/c19-14(18-10-6-15-7-11-18)13(12-4-3-5-16-12)17-8-1-2-9-17/h3-5,13,15-16H,1-2,6-11H2. The number of rotatable bonds is 3. The largest absolute Gasteiger partial charge is 0.363 e. The summed E-state index contributed by atoms with van der Waals surface area (Å²) in [5.41, 5.74) is 1.03. The van der Waals surface area contributed by atoms with Crippen LogP contribution in [0.5, 0.6) is 0 Å². The number of amides is 1. The number of aromatic amines is 1. The van der Waals surface area contributed by atoms with Crippen LogP contribution in [0.1, 0.15) is 24.6 Å². The van der Waals surface area contributed by atoms with Crippen molar-refractivity contribution in [2.24, 2.45) is 0 Å². The van der Waals surface area contributed by atoms with Gasteiger partial charge in [-0.2, -0.15) is 0 Å². The fourth-order valence-corrected chi connectivity index (χ4v) is 3.06. The number of likely N-dealkylation sites (tertiary alicyclic amines) is 1. The van der Waals surface area contributed by atoms with Crippen LogP contribution in [-0.2, 0) is 4.79 Å². The average molecular weight is 262 g/mol. The third-order valence-corrected chi connectivity index (χ3v) is 4.08. The summed E-state index contributed by atoms with van der Waals surface area (Å²) in [7, 11) is 0. The zero-order chi connectivity index (χ0) is 13.1. The predicted octanol–water partition coefficient (Wildman–Crippen LogP) is 0.583. The normalized spacial score (nSPS) is 22.6. The summed E-state index contributed by atoms with van der Waals surface area (Å²) in [5.74, 6) is 0.255. The summed E-state index contributed by atoms with van der Waals surface area (Å²) in [4.78, 5) is 20.4. The zero-order valence-electron chi connectivity index (χ0n) is 11.3. The van der Waals surface area contributed by atoms with Crippen molar-refractivity contribution < 1.29 is 4.79 Å². The summed E-state index contributed by atoms with van der Waals surface area (Å²) in [6.07, 6.45) is 4.31. The number of carbonyl (C=O) groups excluding carboxylic acids is 1. The number of H-pyrrole nitrogens is 1. The maximum absolute atomic E-state index is 12.8. The van der Waals surface area contributed by atoms with Gasteiger partial charge in [-0.05, 0) is 38.1 Å². The first-order chi connectivity index (χ1) is 9.36. The lowest BCUT2D eigenvalue weighted by atomic mass is 10.1. The topological polar surface area (TPSA) is 51.4 Å². The molecule has 0 aromatic carbocycles. The summed E-state index contributed by atoms with van der Waals surface area (Å²) in [6.45, 7) is 5.52. The molecular formula is C14H22N4O. The average Bonchev–Trinajstić information content (AvgIpc) is 3.13. The minimum Gasteiger partial charge on any atom is -0.363 e. The third-order valence-electron chi connectivity index (χ3n) is 4.08. The van der Waals surface area contributed by atoms with Gasteiger partial charge < -0.3 is 15.2 Å². The molecule has 3 heterocycles. The van der Waals surface area contributed by atoms with Crippen molar-refractivity contribution >= 4 is 5.91 Å². The predicted molar refractivity (Wildman–Crippen MR) is 73.8 cm³/mol. The summed E-state index contributed by atoms with van der Waals surface area (Å²) in [6, 6.07) is 3.89. The lowest BCUT2D eigenvalue weighted by Crippen LogP contribution is -2.50. The number of aromatic nitrogens is 1. The second-order valence-electron chi connectivity index (χ2n) is 5.35. The molecule has 1 unspecified atom stereocenters. The fraction of sp³-hybridized carbons (Fsp3) is 0.643. The van der Waals surface area contributed by atoms with E-state index in [-0.39, 0.29) is 11.9 Å². The molecule has 19 heavy (non-hydrogen) atoms. The first-order valence-electron chi connectivity index (χ1n) is 7.23. The van der Waals surface area contributed by atoms with Gasteiger partial charge in [0.2, 0.25) is 5.91 Å². The Labute approximate surface area is 114 Å². The highest BCUT2D eigenvalue weighted by atomic mass is 16.2. The first-order valence-corrected chi connectivity index (χ1v) is 7.23. The zero-order valence-corrected chi connectivity index (χ0v) is 11.3. The highest BCUT2D eigenvalue weighted by Crippen LogP contribution is 2.26. The van der Waals surface area contributed by atoms with E-state index in [1.54, 1.807) is 0 Å². The molecule has 5 nitrogen and oxygen atoms in total. The van der Waals surface area contributed by atoms with Gasteiger partial charge in [0, 0.05) is 38.1 Å². The maximum Gasteiger partial charge on any atom is 0.246 e. The molecule has 1 aromatic rings. The van der Waals surface area contributed by atoms with Crippen LogP contribution in [0.3, 0.4) is 0 Å². The lowest BCUT2D eigenvalue weighted by molar-refractivity contribution is -0.137. The van der Waals surface area contributed by atoms with Crippen molar-refractivity contribution in [3.63, 3.8) is 0 Å². The van der Waals surface area contributed by atoms with Gasteiger partial charge in [-0.1, -0.05) is 0 Å². The second-order valence-corrected chi connectivity index (χ2v) is 5.35. The SMILES string of the molecule is O=C(C(c1ccc[nH]1)N1CCCC1)N1CCNCC1. The minimum atomic E-state index is -0.115. The van der Waals surface area contributed by atoms with Gasteiger partial charge in [0.15, 0.2) is 0 Å². The van der Waals surface area contributed by atoms with Crippen molar-refractivity contribution in [1.29, 1.82) is 0 Å². The molecule has 0 saturated carbocycles. The molecular weight excluding hydrogens is 240 g/mol. The lowest BCUT2D eigenvalue weighted by Gasteiger charge is -2.34. The Morgan fingerprint density at radius 2 is 1.89 bits per heavy atom. The van der Waals surface area contributed by atoms with Crippen LogP contribution in [0.4, 0.5) is 0 Å². The number of carbonyl (C=O) groups is 1. The number of nitrogens with zero attached hydrogens (tertiary/aromatic N) is 2. The maximum atomic E-state index is 12.8. The molecule has 0 aliphatic carbocycles. The minimum absolute atomic E-state index is 0.115. The Hall–Kier alpha value is -1.33. The van der Waals surface area contributed by atoms with Crippen molar-refractivity contribution in [3.8, 4) is 0 Å². The van der Waals surface area contributed by atoms with Gasteiger partial charge >= 0.3 is 0 Å². The fourth-order valence-electron chi connectivity index (χ4n) is 3.06. The van der Waals surface area contributed by atoms with Crippen LogP contribution in [0, 0.1) is 0 Å². The molecule has 1 atom stereocenters. The first kappa shape index (κ1) is 12.7. The molecule has 2 aliphatic heterocycles. The Morgan fingerprint density at radius 3 is 2.53 bits per heavy atom. The van der Waals surface area contributed by atoms with Crippen molar-refractivity contribution in [2.45, 2.75) is 18.9 Å². The van der Waals surface area contributed by atoms with E-state index in [9.17, 15) is 4.79 Å². The van der Waals surface area contributed by atoms with Gasteiger partial charge in [-0.15, -0.1) is 0 Å². The van der Waals surface area contributed by atoms with Crippen LogP contribution < -0.4 is 5.32 Å². The molecule has 0 radical (unpaired) electrons. The Morgan fingerprint density at radius 1 is 1.16 bits per heavy atom. The Kier molecular flexibility index (Phi) is 3.84. The third kappa shape index (κ3) is 2.67. The van der Waals surface area contributed by atoms with Crippen LogP contribution in [-0.4, -0.2) is 60.0 Å². The molecule has 0 spiro atoms. The molecule has 3 rings (SSSR count). The molecule has 1 amide bonds. The molecule has 2 saturated heterocycles. The number of piperazine rings is 1. The smallest absolute Gasteiger partial charge is 0.246 e. The van der Waals surface area contributed by atoms with Gasteiger partial charge in [-0.25, -0.2) is 0 Å². The number of nitrogens with one attached hydrogen (secondary N) is 2. The van der Waals surface area contributed by atoms with Crippen LogP contribution >= 0.6 is 0 Å². The van der Waals surface area contributed by atoms with Crippen LogP contribution in [0.15, 0.2) is 18.3 Å². The molecule has 104 valence electrons. The highest BCUT2D eigenvalue weighted by Gasteiger charge is 2.33. The second kappa shape index (κ2) is 5.75. The molecule has 2 N–H and O–H groups in total. The van der Waals surface area contributed by atoms with E-state index in [1.807, 2.05) is 23.2 Å². The quantitative estimate of drug-likeness (QED) is 0.838. The van der Waals surface area contributed by atoms with Crippen molar-refractivity contribution in [1.82, 2.24) is 20.1 Å². The highest BCUT2D eigenvalue weighted by molar-refractivity contribution is 5.83. The monoisotopic (exact) mass is 262 g/mol. The molecule has 5 heteroatoms. The van der Waals surface area contributed by atoms with E-state index in [2.05, 4.69) is 15.2 Å². The molecule has 2 aliphatic rings. The van der Waals surface area contributed by atoms with Gasteiger partial charge in [0.25, 0.3) is 0 Å². The number of hydrogen-bond donors (Lipinski definition) is 2. The molecule has 0 bridgehead atoms. The van der Waals surface area contributed by atoms with Gasteiger partial charge in [0.05, 0.1) is 0 Å². The molecule has 1 aromatic heterocycles. The Balaban J connectivity index is 1.79. The summed E-state index contributed by atoms with van der Waals surface area (Å²) < 4.78 is 0. The van der Waals surface area contributed by atoms with Gasteiger partial charge in [0.1, 0.15) is 6.04 Å². The van der Waals surface area contributed by atoms with E-state index in [0.29, 0.717) is 0 Å².